The molecule has 0 aliphatic heterocycles. The van der Waals surface area contributed by atoms with Gasteiger partial charge in [0.1, 0.15) is 5.82 Å². The van der Waals surface area contributed by atoms with Gasteiger partial charge in [0.15, 0.2) is 17.4 Å². The molecule has 3 heterocycles. The van der Waals surface area contributed by atoms with E-state index in [0.717, 1.165) is 0 Å². The molecule has 20 heavy (non-hydrogen) atoms. The van der Waals surface area contributed by atoms with Crippen LogP contribution in [0.2, 0.25) is 0 Å². The van der Waals surface area contributed by atoms with Gasteiger partial charge < -0.3 is 15.5 Å². The largest absolute Gasteiger partial charge is 0.461 e. The quantitative estimate of drug-likeness (QED) is 0.725. The van der Waals surface area contributed by atoms with E-state index in [9.17, 15) is 0 Å². The molecule has 0 atom stereocenters. The molecule has 0 saturated heterocycles. The number of aromatic nitrogens is 4. The monoisotopic (exact) mass is 270 g/mol. The molecule has 0 saturated carbocycles. The zero-order valence-corrected chi connectivity index (χ0v) is 10.7. The second kappa shape index (κ2) is 5.54. The summed E-state index contributed by atoms with van der Waals surface area (Å²) in [5.41, 5.74) is 5.50. The average Bonchev–Trinajstić information content (AvgIpc) is 3.17. The number of hydrogen-bond acceptors (Lipinski definition) is 6. The third-order valence-corrected chi connectivity index (χ3v) is 2.64. The predicted molar refractivity (Wildman–Crippen MR) is 74.4 cm³/mol. The molecule has 0 amide bonds. The predicted octanol–water partition coefficient (Wildman–Crippen LogP) is 1.29. The Morgan fingerprint density at radius 3 is 2.95 bits per heavy atom. The van der Waals surface area contributed by atoms with E-state index in [0.29, 0.717) is 36.3 Å². The van der Waals surface area contributed by atoms with Crippen LogP contribution in [-0.2, 0) is 0 Å². The maximum Gasteiger partial charge on any atom is 0.199 e. The van der Waals surface area contributed by atoms with E-state index in [1.54, 1.807) is 23.2 Å². The molecular formula is C13H14N6O. The van der Waals surface area contributed by atoms with Crippen molar-refractivity contribution in [1.82, 2.24) is 19.7 Å². The highest BCUT2D eigenvalue weighted by Gasteiger charge is 2.10. The lowest BCUT2D eigenvalue weighted by molar-refractivity contribution is 0.577. The first-order valence-electron chi connectivity index (χ1n) is 6.24. The van der Waals surface area contributed by atoms with Crippen molar-refractivity contribution >= 4 is 5.82 Å². The molecule has 0 fully saturated rings. The average molecular weight is 270 g/mol. The third kappa shape index (κ3) is 2.52. The topological polar surface area (TPSA) is 94.8 Å². The minimum Gasteiger partial charge on any atom is -0.461 e. The van der Waals surface area contributed by atoms with Crippen LogP contribution in [0.1, 0.15) is 0 Å². The maximum absolute atomic E-state index is 5.50. The van der Waals surface area contributed by atoms with Gasteiger partial charge in [0.05, 0.1) is 6.26 Å². The van der Waals surface area contributed by atoms with Crippen LogP contribution in [0.3, 0.4) is 0 Å². The zero-order valence-electron chi connectivity index (χ0n) is 10.7. The van der Waals surface area contributed by atoms with Gasteiger partial charge in [0.25, 0.3) is 0 Å². The van der Waals surface area contributed by atoms with Gasteiger partial charge in [-0.25, -0.2) is 14.6 Å². The fourth-order valence-corrected chi connectivity index (χ4v) is 1.76. The molecule has 0 spiro atoms. The van der Waals surface area contributed by atoms with Crippen molar-refractivity contribution < 1.29 is 4.42 Å². The first-order chi connectivity index (χ1) is 9.86. The summed E-state index contributed by atoms with van der Waals surface area (Å²) in [6.45, 7) is 1.16. The lowest BCUT2D eigenvalue weighted by Gasteiger charge is -2.08. The number of nitrogens with one attached hydrogen (secondary N) is 1. The van der Waals surface area contributed by atoms with Crippen LogP contribution in [0.4, 0.5) is 5.82 Å². The first-order valence-corrected chi connectivity index (χ1v) is 6.24. The van der Waals surface area contributed by atoms with E-state index < -0.39 is 0 Å². The van der Waals surface area contributed by atoms with Gasteiger partial charge >= 0.3 is 0 Å². The minimum absolute atomic E-state index is 0.502. The number of rotatable bonds is 5. The molecule has 7 heteroatoms. The van der Waals surface area contributed by atoms with Crippen LogP contribution >= 0.6 is 0 Å². The molecule has 102 valence electrons. The fourth-order valence-electron chi connectivity index (χ4n) is 1.76. The summed E-state index contributed by atoms with van der Waals surface area (Å²) in [7, 11) is 0. The molecule has 7 nitrogen and oxygen atoms in total. The van der Waals surface area contributed by atoms with Crippen molar-refractivity contribution in [2.24, 2.45) is 5.73 Å². The molecule has 3 N–H and O–H groups in total. The number of nitrogens with two attached hydrogens (primary N) is 1. The number of anilines is 1. The Bertz CT molecular complexity index is 610. The molecule has 3 rings (SSSR count). The molecular weight excluding hydrogens is 256 g/mol. The van der Waals surface area contributed by atoms with Crippen molar-refractivity contribution in [2.75, 3.05) is 18.4 Å². The second-order valence-corrected chi connectivity index (χ2v) is 4.08. The van der Waals surface area contributed by atoms with E-state index in [-0.39, 0.29) is 0 Å². The Labute approximate surface area is 115 Å². The van der Waals surface area contributed by atoms with Gasteiger partial charge in [0, 0.05) is 31.5 Å². The van der Waals surface area contributed by atoms with E-state index in [1.807, 2.05) is 24.4 Å². The number of nitrogens with zero attached hydrogens (tertiary/aromatic N) is 4. The summed E-state index contributed by atoms with van der Waals surface area (Å²) >= 11 is 0. The Morgan fingerprint density at radius 1 is 1.30 bits per heavy atom. The van der Waals surface area contributed by atoms with Crippen molar-refractivity contribution in [2.45, 2.75) is 0 Å². The highest BCUT2D eigenvalue weighted by Crippen LogP contribution is 2.19. The Kier molecular flexibility index (Phi) is 3.42. The number of hydrogen-bond donors (Lipinski definition) is 2. The van der Waals surface area contributed by atoms with Crippen molar-refractivity contribution in [3.05, 3.63) is 42.9 Å². The lowest BCUT2D eigenvalue weighted by atomic mass is 10.4. The van der Waals surface area contributed by atoms with Crippen LogP contribution in [0, 0.1) is 0 Å². The summed E-state index contributed by atoms with van der Waals surface area (Å²) in [5, 5.41) is 7.31. The van der Waals surface area contributed by atoms with Crippen LogP contribution in [0.15, 0.2) is 47.3 Å². The first kappa shape index (κ1) is 12.4. The Balaban J connectivity index is 2.03. The summed E-state index contributed by atoms with van der Waals surface area (Å²) in [6.07, 6.45) is 5.11. The normalized spacial score (nSPS) is 10.7. The summed E-state index contributed by atoms with van der Waals surface area (Å²) in [6, 6.07) is 7.26. The smallest absolute Gasteiger partial charge is 0.199 e. The highest BCUT2D eigenvalue weighted by molar-refractivity contribution is 5.53. The zero-order chi connectivity index (χ0) is 13.8. The Morgan fingerprint density at radius 2 is 2.25 bits per heavy atom. The van der Waals surface area contributed by atoms with Gasteiger partial charge in [-0.3, -0.25) is 0 Å². The standard InChI is InChI=1S/C13H14N6O/c14-4-6-15-11-9-12(19-7-2-5-16-19)18-13(17-11)10-3-1-8-20-10/h1-3,5,7-9H,4,6,14H2,(H,15,17,18). The van der Waals surface area contributed by atoms with Crippen LogP contribution in [-0.4, -0.2) is 32.8 Å². The van der Waals surface area contributed by atoms with E-state index in [2.05, 4.69) is 20.4 Å². The van der Waals surface area contributed by atoms with Crippen molar-refractivity contribution in [3.8, 4) is 17.4 Å². The highest BCUT2D eigenvalue weighted by atomic mass is 16.3. The van der Waals surface area contributed by atoms with Gasteiger partial charge in [-0.2, -0.15) is 5.10 Å². The molecule has 3 aromatic heterocycles. The lowest BCUT2D eigenvalue weighted by Crippen LogP contribution is -2.15. The summed E-state index contributed by atoms with van der Waals surface area (Å²) < 4.78 is 7.01. The van der Waals surface area contributed by atoms with Gasteiger partial charge in [-0.15, -0.1) is 0 Å². The summed E-state index contributed by atoms with van der Waals surface area (Å²) in [5.74, 6) is 2.45. The molecule has 0 aliphatic carbocycles. The van der Waals surface area contributed by atoms with E-state index >= 15 is 0 Å². The fraction of sp³-hybridized carbons (Fsp3) is 0.154. The SMILES string of the molecule is NCCNc1cc(-n2cccn2)nc(-c2ccco2)n1. The minimum atomic E-state index is 0.502. The van der Waals surface area contributed by atoms with E-state index in [1.165, 1.54) is 0 Å². The molecule has 0 unspecified atom stereocenters. The molecule has 0 radical (unpaired) electrons. The number of furan rings is 1. The maximum atomic E-state index is 5.50. The molecule has 0 bridgehead atoms. The van der Waals surface area contributed by atoms with Crippen LogP contribution in [0.25, 0.3) is 17.4 Å². The van der Waals surface area contributed by atoms with Crippen molar-refractivity contribution in [3.63, 3.8) is 0 Å². The third-order valence-electron chi connectivity index (χ3n) is 2.64. The van der Waals surface area contributed by atoms with E-state index in [4.69, 9.17) is 10.2 Å². The molecule has 0 aromatic carbocycles. The van der Waals surface area contributed by atoms with Crippen molar-refractivity contribution in [1.29, 1.82) is 0 Å². The van der Waals surface area contributed by atoms with Crippen LogP contribution < -0.4 is 11.1 Å². The Hall–Kier alpha value is -2.67. The molecule has 0 aliphatic rings. The van der Waals surface area contributed by atoms with Crippen LogP contribution in [0.5, 0.6) is 0 Å². The van der Waals surface area contributed by atoms with Gasteiger partial charge in [-0.05, 0) is 18.2 Å². The van der Waals surface area contributed by atoms with Gasteiger partial charge in [0.2, 0.25) is 0 Å². The second-order valence-electron chi connectivity index (χ2n) is 4.08. The summed E-state index contributed by atoms with van der Waals surface area (Å²) in [4.78, 5) is 8.86. The molecule has 3 aromatic rings. The van der Waals surface area contributed by atoms with Gasteiger partial charge in [-0.1, -0.05) is 0 Å².